The lowest BCUT2D eigenvalue weighted by Gasteiger charge is -2.13. The van der Waals surface area contributed by atoms with Crippen LogP contribution in [-0.2, 0) is 10.9 Å². The smallest absolute Gasteiger partial charge is 0.416 e. The molecular weight excluding hydrogens is 425 g/mol. The van der Waals surface area contributed by atoms with Gasteiger partial charge in [-0.2, -0.15) is 18.4 Å². The Hall–Kier alpha value is -4.07. The number of esters is 1. The minimum atomic E-state index is -4.92. The van der Waals surface area contributed by atoms with Crippen LogP contribution in [0.15, 0.2) is 42.6 Å². The predicted molar refractivity (Wildman–Crippen MR) is 97.7 cm³/mol. The number of methoxy groups -OCH3 is 1. The van der Waals surface area contributed by atoms with Gasteiger partial charge in [0.15, 0.2) is 23.1 Å². The second kappa shape index (κ2) is 7.98. The maximum Gasteiger partial charge on any atom is 0.416 e. The number of carbonyl (C=O) groups excluding carboxylic acids is 1. The molecule has 0 unspecified atom stereocenters. The van der Waals surface area contributed by atoms with E-state index in [1.54, 1.807) is 0 Å². The third-order valence-electron chi connectivity index (χ3n) is 4.20. The minimum Gasteiger partial charge on any atom is -0.464 e. The number of anilines is 1. The van der Waals surface area contributed by atoms with E-state index in [0.29, 0.717) is 5.69 Å². The highest BCUT2D eigenvalue weighted by molar-refractivity contribution is 5.95. The molecule has 0 bridgehead atoms. The number of nitrogens with zero attached hydrogens (tertiary/aromatic N) is 2. The van der Waals surface area contributed by atoms with Crippen LogP contribution in [0.5, 0.6) is 11.5 Å². The Labute approximate surface area is 171 Å². The van der Waals surface area contributed by atoms with E-state index in [0.717, 1.165) is 7.11 Å². The summed E-state index contributed by atoms with van der Waals surface area (Å²) in [6.07, 6.45) is -3.62. The number of hydrogen-bond acceptors (Lipinski definition) is 5. The Morgan fingerprint density at radius 1 is 1.13 bits per heavy atom. The van der Waals surface area contributed by atoms with Crippen molar-refractivity contribution >= 4 is 11.7 Å². The third kappa shape index (κ3) is 4.13. The summed E-state index contributed by atoms with van der Waals surface area (Å²) in [5, 5.41) is 9.13. The molecule has 3 aromatic rings. The van der Waals surface area contributed by atoms with Gasteiger partial charge in [-0.3, -0.25) is 0 Å². The predicted octanol–water partition coefficient (Wildman–Crippen LogP) is 4.81. The fraction of sp³-hybridized carbons (Fsp3) is 0.100. The first kappa shape index (κ1) is 21.6. The Bertz CT molecular complexity index is 1170. The quantitative estimate of drug-likeness (QED) is 0.468. The number of carbonyl (C=O) groups is 1. The van der Waals surface area contributed by atoms with Crippen molar-refractivity contribution in [2.24, 2.45) is 0 Å². The number of nitrogens with two attached hydrogens (primary N) is 1. The highest BCUT2D eigenvalue weighted by Crippen LogP contribution is 2.36. The van der Waals surface area contributed by atoms with Gasteiger partial charge in [0, 0.05) is 11.9 Å². The zero-order valence-electron chi connectivity index (χ0n) is 15.6. The van der Waals surface area contributed by atoms with E-state index in [2.05, 4.69) is 4.74 Å². The topological polar surface area (TPSA) is 90.3 Å². The summed E-state index contributed by atoms with van der Waals surface area (Å²) in [7, 11) is 1.13. The number of halogens is 5. The lowest BCUT2D eigenvalue weighted by Crippen LogP contribution is -2.11. The summed E-state index contributed by atoms with van der Waals surface area (Å²) in [6.45, 7) is 0. The van der Waals surface area contributed by atoms with Crippen LogP contribution in [-0.4, -0.2) is 17.6 Å². The number of alkyl halides is 3. The molecule has 1 heterocycles. The maximum absolute atomic E-state index is 14.0. The number of nitriles is 1. The molecule has 0 radical (unpaired) electrons. The van der Waals surface area contributed by atoms with Gasteiger partial charge in [-0.25, -0.2) is 13.6 Å². The molecule has 0 saturated heterocycles. The van der Waals surface area contributed by atoms with Gasteiger partial charge in [0.2, 0.25) is 0 Å². The molecular formula is C20H12F5N3O3. The molecule has 3 rings (SSSR count). The maximum atomic E-state index is 14.0. The van der Waals surface area contributed by atoms with Crippen LogP contribution < -0.4 is 10.5 Å². The lowest BCUT2D eigenvalue weighted by molar-refractivity contribution is -0.138. The largest absolute Gasteiger partial charge is 0.464 e. The Morgan fingerprint density at radius 2 is 1.71 bits per heavy atom. The van der Waals surface area contributed by atoms with Crippen molar-refractivity contribution in [3.63, 3.8) is 0 Å². The average Bonchev–Trinajstić information content (AvgIpc) is 3.06. The molecule has 0 amide bonds. The van der Waals surface area contributed by atoms with Crippen LogP contribution in [0, 0.1) is 23.0 Å². The third-order valence-corrected chi connectivity index (χ3v) is 4.20. The van der Waals surface area contributed by atoms with Crippen molar-refractivity contribution in [1.82, 2.24) is 4.57 Å². The standard InChI is InChI=1S/C20H12F5N3O3/c1-30-19(29)17-16(27)10(8-26)9-28(17)12-2-4-13(5-3-12)31-18-14(21)6-11(7-15(18)22)20(23,24)25/h2-7,9H,27H2,1H3. The van der Waals surface area contributed by atoms with Gasteiger partial charge in [-0.05, 0) is 36.4 Å². The van der Waals surface area contributed by atoms with Crippen molar-refractivity contribution in [1.29, 1.82) is 5.26 Å². The monoisotopic (exact) mass is 437 g/mol. The van der Waals surface area contributed by atoms with Crippen molar-refractivity contribution < 1.29 is 36.2 Å². The second-order valence-electron chi connectivity index (χ2n) is 6.14. The number of aromatic nitrogens is 1. The van der Waals surface area contributed by atoms with E-state index in [-0.39, 0.29) is 34.8 Å². The summed E-state index contributed by atoms with van der Waals surface area (Å²) >= 11 is 0. The fourth-order valence-electron chi connectivity index (χ4n) is 2.73. The molecule has 0 atom stereocenters. The molecule has 0 aliphatic carbocycles. The van der Waals surface area contributed by atoms with Crippen LogP contribution >= 0.6 is 0 Å². The number of nitrogen functional groups attached to an aromatic ring is 1. The summed E-state index contributed by atoms with van der Waals surface area (Å²) in [4.78, 5) is 12.0. The van der Waals surface area contributed by atoms with E-state index in [4.69, 9.17) is 15.7 Å². The van der Waals surface area contributed by atoms with Crippen molar-refractivity contribution in [2.75, 3.05) is 12.8 Å². The molecule has 2 aromatic carbocycles. The molecule has 1 aromatic heterocycles. The first-order chi connectivity index (χ1) is 14.6. The minimum absolute atomic E-state index is 0.0228. The number of ether oxygens (including phenoxy) is 2. The van der Waals surface area contributed by atoms with Crippen LogP contribution in [0.25, 0.3) is 5.69 Å². The van der Waals surface area contributed by atoms with Crippen molar-refractivity contribution in [2.45, 2.75) is 6.18 Å². The summed E-state index contributed by atoms with van der Waals surface area (Å²) < 4.78 is 76.9. The summed E-state index contributed by atoms with van der Waals surface area (Å²) in [5.41, 5.74) is 4.47. The zero-order chi connectivity index (χ0) is 22.9. The second-order valence-corrected chi connectivity index (χ2v) is 6.14. The Balaban J connectivity index is 1.94. The van der Waals surface area contributed by atoms with Crippen LogP contribution in [0.4, 0.5) is 27.6 Å². The number of hydrogen-bond donors (Lipinski definition) is 1. The van der Waals surface area contributed by atoms with Gasteiger partial charge >= 0.3 is 12.1 Å². The lowest BCUT2D eigenvalue weighted by atomic mass is 10.2. The van der Waals surface area contributed by atoms with Gasteiger partial charge in [-0.1, -0.05) is 0 Å². The van der Waals surface area contributed by atoms with Gasteiger partial charge < -0.3 is 19.8 Å². The summed E-state index contributed by atoms with van der Waals surface area (Å²) in [5.74, 6) is -4.95. The van der Waals surface area contributed by atoms with Crippen LogP contribution in [0.3, 0.4) is 0 Å². The molecule has 11 heteroatoms. The molecule has 0 aliphatic rings. The first-order valence-corrected chi connectivity index (χ1v) is 8.40. The van der Waals surface area contributed by atoms with Crippen LogP contribution in [0.1, 0.15) is 21.6 Å². The molecule has 0 aliphatic heterocycles. The first-order valence-electron chi connectivity index (χ1n) is 8.40. The average molecular weight is 437 g/mol. The zero-order valence-corrected chi connectivity index (χ0v) is 15.6. The molecule has 31 heavy (non-hydrogen) atoms. The molecule has 0 saturated carbocycles. The Kier molecular flexibility index (Phi) is 5.57. The number of rotatable bonds is 4. The van der Waals surface area contributed by atoms with Gasteiger partial charge in [0.1, 0.15) is 11.8 Å². The van der Waals surface area contributed by atoms with Gasteiger partial charge in [0.25, 0.3) is 0 Å². The highest BCUT2D eigenvalue weighted by atomic mass is 19.4. The van der Waals surface area contributed by atoms with Crippen LogP contribution in [0.2, 0.25) is 0 Å². The van der Waals surface area contributed by atoms with E-state index in [9.17, 15) is 26.7 Å². The van der Waals surface area contributed by atoms with Crippen molar-refractivity contribution in [3.05, 3.63) is 71.1 Å². The Morgan fingerprint density at radius 3 is 2.19 bits per heavy atom. The summed E-state index contributed by atoms with van der Waals surface area (Å²) in [6, 6.07) is 7.36. The van der Waals surface area contributed by atoms with Crippen molar-refractivity contribution in [3.8, 4) is 23.3 Å². The van der Waals surface area contributed by atoms with E-state index < -0.39 is 35.1 Å². The molecule has 6 nitrogen and oxygen atoms in total. The number of benzene rings is 2. The van der Waals surface area contributed by atoms with E-state index >= 15 is 0 Å². The molecule has 0 spiro atoms. The molecule has 2 N–H and O–H groups in total. The van der Waals surface area contributed by atoms with E-state index in [1.165, 1.54) is 35.0 Å². The normalized spacial score (nSPS) is 11.1. The molecule has 0 fully saturated rings. The molecule has 160 valence electrons. The van der Waals surface area contributed by atoms with E-state index in [1.807, 2.05) is 6.07 Å². The highest BCUT2D eigenvalue weighted by Gasteiger charge is 2.33. The van der Waals surface area contributed by atoms with Gasteiger partial charge in [0.05, 0.1) is 23.9 Å². The fourth-order valence-corrected chi connectivity index (χ4v) is 2.73. The SMILES string of the molecule is COC(=O)c1c(N)c(C#N)cn1-c1ccc(Oc2c(F)cc(C(F)(F)F)cc2F)cc1. The van der Waals surface area contributed by atoms with Gasteiger partial charge in [-0.15, -0.1) is 0 Å².